The molecule has 0 aliphatic rings. The van der Waals surface area contributed by atoms with Crippen LogP contribution in [0.5, 0.6) is 0 Å². The van der Waals surface area contributed by atoms with Crippen molar-refractivity contribution in [2.45, 2.75) is 18.9 Å². The van der Waals surface area contributed by atoms with Crippen LogP contribution in [0.2, 0.25) is 0 Å². The van der Waals surface area contributed by atoms with Crippen molar-refractivity contribution < 1.29 is 9.21 Å². The molecule has 1 aromatic heterocycles. The summed E-state index contributed by atoms with van der Waals surface area (Å²) in [6, 6.07) is 11.4. The molecule has 1 amide bonds. The highest BCUT2D eigenvalue weighted by molar-refractivity contribution is 9.10. The van der Waals surface area contributed by atoms with Crippen LogP contribution in [0.3, 0.4) is 0 Å². The molecular formula is C16H16BrNO2. The SMILES string of the molecule is C=C[C@H](c1ccc(Br)cc1)[C@@H](NC(C)=O)c1ccco1. The molecule has 4 heteroatoms. The van der Waals surface area contributed by atoms with E-state index in [1.807, 2.05) is 42.5 Å². The third-order valence-corrected chi connectivity index (χ3v) is 3.61. The molecule has 0 saturated carbocycles. The predicted octanol–water partition coefficient (Wildman–Crippen LogP) is 4.19. The molecule has 0 radical (unpaired) electrons. The Morgan fingerprint density at radius 2 is 2.05 bits per heavy atom. The molecule has 0 bridgehead atoms. The number of halogens is 1. The predicted molar refractivity (Wildman–Crippen MR) is 82.3 cm³/mol. The van der Waals surface area contributed by atoms with E-state index in [2.05, 4.69) is 27.8 Å². The molecular weight excluding hydrogens is 318 g/mol. The van der Waals surface area contributed by atoms with Gasteiger partial charge in [0.2, 0.25) is 5.91 Å². The van der Waals surface area contributed by atoms with Crippen LogP contribution < -0.4 is 5.32 Å². The van der Waals surface area contributed by atoms with Crippen LogP contribution in [0.25, 0.3) is 0 Å². The molecule has 0 saturated heterocycles. The topological polar surface area (TPSA) is 42.2 Å². The number of benzene rings is 1. The van der Waals surface area contributed by atoms with Crippen molar-refractivity contribution in [1.82, 2.24) is 5.32 Å². The molecule has 1 N–H and O–H groups in total. The first-order valence-corrected chi connectivity index (χ1v) is 7.09. The average Bonchev–Trinajstić information content (AvgIpc) is 2.94. The summed E-state index contributed by atoms with van der Waals surface area (Å²) < 4.78 is 6.46. The minimum atomic E-state index is -0.263. The zero-order valence-electron chi connectivity index (χ0n) is 11.2. The Balaban J connectivity index is 2.36. The van der Waals surface area contributed by atoms with Gasteiger partial charge in [0.15, 0.2) is 0 Å². The molecule has 0 spiro atoms. The van der Waals surface area contributed by atoms with E-state index in [9.17, 15) is 4.79 Å². The minimum absolute atomic E-state index is 0.0573. The number of carbonyl (C=O) groups excluding carboxylic acids is 1. The van der Waals surface area contributed by atoms with Gasteiger partial charge in [-0.2, -0.15) is 0 Å². The van der Waals surface area contributed by atoms with Crippen molar-refractivity contribution in [1.29, 1.82) is 0 Å². The van der Waals surface area contributed by atoms with Crippen LogP contribution in [-0.2, 0) is 4.79 Å². The fraction of sp³-hybridized carbons (Fsp3) is 0.188. The van der Waals surface area contributed by atoms with Crippen LogP contribution in [0.1, 0.15) is 30.2 Å². The zero-order chi connectivity index (χ0) is 14.5. The lowest BCUT2D eigenvalue weighted by molar-refractivity contribution is -0.119. The largest absolute Gasteiger partial charge is 0.467 e. The van der Waals surface area contributed by atoms with Gasteiger partial charge in [0.1, 0.15) is 5.76 Å². The molecule has 3 nitrogen and oxygen atoms in total. The van der Waals surface area contributed by atoms with E-state index in [-0.39, 0.29) is 17.9 Å². The van der Waals surface area contributed by atoms with Gasteiger partial charge in [-0.15, -0.1) is 6.58 Å². The summed E-state index contributed by atoms with van der Waals surface area (Å²) >= 11 is 3.42. The smallest absolute Gasteiger partial charge is 0.217 e. The van der Waals surface area contributed by atoms with E-state index in [0.29, 0.717) is 5.76 Å². The van der Waals surface area contributed by atoms with Crippen molar-refractivity contribution in [3.63, 3.8) is 0 Å². The number of rotatable bonds is 5. The summed E-state index contributed by atoms with van der Waals surface area (Å²) in [6.07, 6.45) is 3.43. The van der Waals surface area contributed by atoms with Gasteiger partial charge < -0.3 is 9.73 Å². The van der Waals surface area contributed by atoms with Crippen molar-refractivity contribution in [3.05, 3.63) is 71.1 Å². The lowest BCUT2D eigenvalue weighted by Gasteiger charge is -2.24. The van der Waals surface area contributed by atoms with Crippen LogP contribution in [-0.4, -0.2) is 5.91 Å². The van der Waals surface area contributed by atoms with Crippen molar-refractivity contribution >= 4 is 21.8 Å². The van der Waals surface area contributed by atoms with Crippen molar-refractivity contribution in [3.8, 4) is 0 Å². The van der Waals surface area contributed by atoms with Gasteiger partial charge in [0.25, 0.3) is 0 Å². The third kappa shape index (κ3) is 3.39. The quantitative estimate of drug-likeness (QED) is 0.833. The van der Waals surface area contributed by atoms with E-state index in [1.165, 1.54) is 6.92 Å². The summed E-state index contributed by atoms with van der Waals surface area (Å²) in [4.78, 5) is 11.5. The average molecular weight is 334 g/mol. The molecule has 2 aromatic rings. The summed E-state index contributed by atoms with van der Waals surface area (Å²) in [5.41, 5.74) is 1.07. The van der Waals surface area contributed by atoms with Crippen molar-refractivity contribution in [2.75, 3.05) is 0 Å². The molecule has 0 unspecified atom stereocenters. The van der Waals surface area contributed by atoms with Gasteiger partial charge in [-0.05, 0) is 29.8 Å². The van der Waals surface area contributed by atoms with Gasteiger partial charge in [-0.3, -0.25) is 4.79 Å². The zero-order valence-corrected chi connectivity index (χ0v) is 12.8. The molecule has 1 aromatic carbocycles. The summed E-state index contributed by atoms with van der Waals surface area (Å²) in [5.74, 6) is 0.557. The van der Waals surface area contributed by atoms with Gasteiger partial charge in [0.05, 0.1) is 12.3 Å². The number of furan rings is 1. The van der Waals surface area contributed by atoms with Crippen LogP contribution >= 0.6 is 15.9 Å². The Morgan fingerprint density at radius 1 is 1.35 bits per heavy atom. The maximum absolute atomic E-state index is 11.5. The molecule has 2 atom stereocenters. The van der Waals surface area contributed by atoms with Crippen LogP contribution in [0.15, 0.2) is 64.2 Å². The first-order valence-electron chi connectivity index (χ1n) is 6.30. The Hall–Kier alpha value is -1.81. The molecule has 0 aliphatic heterocycles. The maximum Gasteiger partial charge on any atom is 0.217 e. The summed E-state index contributed by atoms with van der Waals surface area (Å²) in [6.45, 7) is 5.39. The molecule has 1 heterocycles. The van der Waals surface area contributed by atoms with E-state index >= 15 is 0 Å². The number of nitrogens with one attached hydrogen (secondary N) is 1. The number of hydrogen-bond acceptors (Lipinski definition) is 2. The van der Waals surface area contributed by atoms with E-state index in [1.54, 1.807) is 6.26 Å². The van der Waals surface area contributed by atoms with E-state index < -0.39 is 0 Å². The van der Waals surface area contributed by atoms with Crippen LogP contribution in [0.4, 0.5) is 0 Å². The molecule has 104 valence electrons. The fourth-order valence-electron chi connectivity index (χ4n) is 2.17. The lowest BCUT2D eigenvalue weighted by atomic mass is 9.90. The maximum atomic E-state index is 11.5. The Labute approximate surface area is 126 Å². The van der Waals surface area contributed by atoms with Gasteiger partial charge in [0, 0.05) is 17.3 Å². The first-order chi connectivity index (χ1) is 9.61. The Bertz CT molecular complexity index is 575. The van der Waals surface area contributed by atoms with Gasteiger partial charge >= 0.3 is 0 Å². The van der Waals surface area contributed by atoms with Gasteiger partial charge in [-0.1, -0.05) is 34.1 Å². The lowest BCUT2D eigenvalue weighted by Crippen LogP contribution is -2.29. The summed E-state index contributed by atoms with van der Waals surface area (Å²) in [7, 11) is 0. The molecule has 20 heavy (non-hydrogen) atoms. The Kier molecular flexibility index (Phi) is 4.79. The highest BCUT2D eigenvalue weighted by Gasteiger charge is 2.25. The number of hydrogen-bond donors (Lipinski definition) is 1. The normalized spacial score (nSPS) is 13.5. The minimum Gasteiger partial charge on any atom is -0.467 e. The second kappa shape index (κ2) is 6.57. The second-order valence-corrected chi connectivity index (χ2v) is 5.42. The second-order valence-electron chi connectivity index (χ2n) is 4.51. The highest BCUT2D eigenvalue weighted by Crippen LogP contribution is 2.32. The molecule has 2 rings (SSSR count). The highest BCUT2D eigenvalue weighted by atomic mass is 79.9. The van der Waals surface area contributed by atoms with E-state index in [0.717, 1.165) is 10.0 Å². The third-order valence-electron chi connectivity index (χ3n) is 3.08. The standard InChI is InChI=1S/C16H16BrNO2/c1-3-14(12-6-8-13(17)9-7-12)16(18-11(2)19)15-5-4-10-20-15/h3-10,14,16H,1H2,2H3,(H,18,19)/t14-,16-/m1/s1. The molecule has 0 aliphatic carbocycles. The van der Waals surface area contributed by atoms with Crippen molar-refractivity contribution in [2.24, 2.45) is 0 Å². The first kappa shape index (κ1) is 14.6. The van der Waals surface area contributed by atoms with Crippen LogP contribution in [0, 0.1) is 0 Å². The fourth-order valence-corrected chi connectivity index (χ4v) is 2.44. The van der Waals surface area contributed by atoms with E-state index in [4.69, 9.17) is 4.42 Å². The monoisotopic (exact) mass is 333 g/mol. The molecule has 0 fully saturated rings. The van der Waals surface area contributed by atoms with Gasteiger partial charge in [-0.25, -0.2) is 0 Å². The number of carbonyl (C=O) groups is 1. The Morgan fingerprint density at radius 3 is 2.55 bits per heavy atom. The number of amides is 1. The summed E-state index contributed by atoms with van der Waals surface area (Å²) in [5, 5.41) is 2.93.